The predicted molar refractivity (Wildman–Crippen MR) is 131 cm³/mol. The number of carboxylic acid groups (broad SMARTS) is 1. The minimum absolute atomic E-state index is 0.111. The van der Waals surface area contributed by atoms with Crippen LogP contribution in [0.3, 0.4) is 0 Å². The first-order chi connectivity index (χ1) is 16.4. The van der Waals surface area contributed by atoms with Crippen LogP contribution in [-0.4, -0.2) is 70.5 Å². The zero-order valence-electron chi connectivity index (χ0n) is 18.9. The molecule has 180 valence electrons. The number of aromatic amines is 1. The number of likely N-dealkylation sites (N-methyl/N-ethyl adjacent to an activating group) is 1. The van der Waals surface area contributed by atoms with Crippen LogP contribution in [0.15, 0.2) is 23.6 Å². The number of likely N-dealkylation sites (tertiary alicyclic amines) is 1. The number of nitrogens with two attached hydrogens (primary N) is 1. The lowest BCUT2D eigenvalue weighted by molar-refractivity contribution is 0.0689. The number of carbonyl (C=O) groups is 3. The molecule has 6 N–H and O–H groups in total. The number of thiazole rings is 1. The molecule has 0 bridgehead atoms. The van der Waals surface area contributed by atoms with Gasteiger partial charge in [-0.15, -0.1) is 11.3 Å². The standard InChI is InChI=1S/C23H28N6O4S/c1-29-9-3-4-14(29)11-25-21(31)18-12-34-23(27-18)28-20(30)13-6-7-17-16(10-13)15(5-2-8-24)19(26-17)22(32)33/h6-7,10,12,14,26H,2-5,8-9,11,24H2,1H3,(H,25,31)(H,32,33)(H,27,28,30). The van der Waals surface area contributed by atoms with E-state index in [1.807, 2.05) is 0 Å². The van der Waals surface area contributed by atoms with Crippen LogP contribution in [0.25, 0.3) is 10.9 Å². The Morgan fingerprint density at radius 2 is 2.15 bits per heavy atom. The number of rotatable bonds is 9. The number of carboxylic acids is 1. The van der Waals surface area contributed by atoms with Crippen molar-refractivity contribution < 1.29 is 19.5 Å². The number of aromatic nitrogens is 2. The van der Waals surface area contributed by atoms with Gasteiger partial charge in [0.15, 0.2) is 5.13 Å². The van der Waals surface area contributed by atoms with Gasteiger partial charge in [0.05, 0.1) is 0 Å². The highest BCUT2D eigenvalue weighted by atomic mass is 32.1. The van der Waals surface area contributed by atoms with E-state index in [-0.39, 0.29) is 17.3 Å². The molecule has 1 atom stereocenters. The number of nitrogens with zero attached hydrogens (tertiary/aromatic N) is 2. The number of amides is 2. The molecule has 1 aliphatic heterocycles. The average molecular weight is 485 g/mol. The molecule has 3 heterocycles. The lowest BCUT2D eigenvalue weighted by atomic mass is 10.0. The molecule has 0 saturated carbocycles. The minimum Gasteiger partial charge on any atom is -0.477 e. The summed E-state index contributed by atoms with van der Waals surface area (Å²) in [6.45, 7) is 2.04. The number of benzene rings is 1. The van der Waals surface area contributed by atoms with Gasteiger partial charge in [-0.05, 0) is 69.6 Å². The largest absolute Gasteiger partial charge is 0.477 e. The molecule has 4 rings (SSSR count). The highest BCUT2D eigenvalue weighted by Gasteiger charge is 2.22. The first-order valence-electron chi connectivity index (χ1n) is 11.2. The summed E-state index contributed by atoms with van der Waals surface area (Å²) in [5, 5.41) is 17.8. The van der Waals surface area contributed by atoms with Gasteiger partial charge >= 0.3 is 5.97 Å². The first kappa shape index (κ1) is 23.9. The zero-order chi connectivity index (χ0) is 24.2. The third-order valence-corrected chi connectivity index (χ3v) is 6.90. The summed E-state index contributed by atoms with van der Waals surface area (Å²) >= 11 is 1.17. The lowest BCUT2D eigenvalue weighted by Crippen LogP contribution is -2.38. The Bertz CT molecular complexity index is 1220. The van der Waals surface area contributed by atoms with Gasteiger partial charge in [-0.1, -0.05) is 0 Å². The molecule has 1 saturated heterocycles. The zero-order valence-corrected chi connectivity index (χ0v) is 19.7. The number of anilines is 1. The highest BCUT2D eigenvalue weighted by Crippen LogP contribution is 2.26. The molecule has 1 fully saturated rings. The van der Waals surface area contributed by atoms with Crippen LogP contribution in [-0.2, 0) is 6.42 Å². The summed E-state index contributed by atoms with van der Waals surface area (Å²) in [4.78, 5) is 46.3. The molecule has 2 amide bonds. The number of nitrogens with one attached hydrogen (secondary N) is 3. The maximum absolute atomic E-state index is 12.8. The van der Waals surface area contributed by atoms with Crippen molar-refractivity contribution in [1.29, 1.82) is 0 Å². The van der Waals surface area contributed by atoms with E-state index in [4.69, 9.17) is 5.73 Å². The second-order valence-electron chi connectivity index (χ2n) is 8.42. The van der Waals surface area contributed by atoms with Crippen molar-refractivity contribution in [2.24, 2.45) is 5.73 Å². The summed E-state index contributed by atoms with van der Waals surface area (Å²) in [5.41, 5.74) is 7.61. The summed E-state index contributed by atoms with van der Waals surface area (Å²) in [6.07, 6.45) is 3.31. The molecule has 1 aromatic carbocycles. The normalized spacial score (nSPS) is 16.1. The number of aryl methyl sites for hydroxylation is 1. The summed E-state index contributed by atoms with van der Waals surface area (Å²) in [6, 6.07) is 5.30. The number of hydrogen-bond donors (Lipinski definition) is 5. The summed E-state index contributed by atoms with van der Waals surface area (Å²) in [7, 11) is 2.05. The maximum atomic E-state index is 12.8. The average Bonchev–Trinajstić information content (AvgIpc) is 3.54. The van der Waals surface area contributed by atoms with E-state index < -0.39 is 11.9 Å². The molecule has 1 aliphatic rings. The highest BCUT2D eigenvalue weighted by molar-refractivity contribution is 7.14. The molecule has 3 aromatic rings. The third-order valence-electron chi connectivity index (χ3n) is 6.14. The van der Waals surface area contributed by atoms with Gasteiger partial charge in [0.2, 0.25) is 0 Å². The molecule has 10 nitrogen and oxygen atoms in total. The van der Waals surface area contributed by atoms with Crippen LogP contribution in [0.1, 0.15) is 56.2 Å². The Morgan fingerprint density at radius 3 is 2.85 bits per heavy atom. The lowest BCUT2D eigenvalue weighted by Gasteiger charge is -2.19. The van der Waals surface area contributed by atoms with E-state index in [0.717, 1.165) is 19.4 Å². The van der Waals surface area contributed by atoms with E-state index in [9.17, 15) is 19.5 Å². The van der Waals surface area contributed by atoms with Crippen LogP contribution in [0.2, 0.25) is 0 Å². The minimum atomic E-state index is -1.05. The molecular weight excluding hydrogens is 456 g/mol. The molecule has 0 radical (unpaired) electrons. The topological polar surface area (TPSA) is 153 Å². The smallest absolute Gasteiger partial charge is 0.352 e. The molecular formula is C23H28N6O4S. The van der Waals surface area contributed by atoms with E-state index in [0.29, 0.717) is 59.1 Å². The monoisotopic (exact) mass is 484 g/mol. The number of carbonyl (C=O) groups excluding carboxylic acids is 2. The van der Waals surface area contributed by atoms with Crippen molar-refractivity contribution in [3.63, 3.8) is 0 Å². The quantitative estimate of drug-likeness (QED) is 0.312. The van der Waals surface area contributed by atoms with Crippen LogP contribution >= 0.6 is 11.3 Å². The van der Waals surface area contributed by atoms with Gasteiger partial charge in [0, 0.05) is 34.4 Å². The Balaban J connectivity index is 1.45. The number of fused-ring (bicyclic) bond motifs is 1. The molecule has 0 spiro atoms. The Labute approximate surface area is 200 Å². The molecule has 2 aromatic heterocycles. The van der Waals surface area contributed by atoms with E-state index in [2.05, 4.69) is 32.5 Å². The van der Waals surface area contributed by atoms with Crippen molar-refractivity contribution in [3.8, 4) is 0 Å². The number of H-pyrrole nitrogens is 1. The first-order valence-corrected chi connectivity index (χ1v) is 12.1. The fraction of sp³-hybridized carbons (Fsp3) is 0.391. The third kappa shape index (κ3) is 5.11. The van der Waals surface area contributed by atoms with Crippen molar-refractivity contribution >= 4 is 45.2 Å². The van der Waals surface area contributed by atoms with Gasteiger partial charge in [-0.3, -0.25) is 14.9 Å². The predicted octanol–water partition coefficient (Wildman–Crippen LogP) is 2.29. The maximum Gasteiger partial charge on any atom is 0.352 e. The summed E-state index contributed by atoms with van der Waals surface area (Å²) < 4.78 is 0. The van der Waals surface area contributed by atoms with Gasteiger partial charge in [0.1, 0.15) is 11.4 Å². The molecule has 0 aliphatic carbocycles. The van der Waals surface area contributed by atoms with Crippen LogP contribution in [0.5, 0.6) is 0 Å². The van der Waals surface area contributed by atoms with Crippen LogP contribution in [0.4, 0.5) is 5.13 Å². The van der Waals surface area contributed by atoms with Gasteiger partial charge < -0.3 is 26.0 Å². The van der Waals surface area contributed by atoms with Crippen molar-refractivity contribution in [3.05, 3.63) is 46.1 Å². The number of hydrogen-bond acceptors (Lipinski definition) is 7. The van der Waals surface area contributed by atoms with E-state index in [1.54, 1.807) is 23.6 Å². The van der Waals surface area contributed by atoms with E-state index in [1.165, 1.54) is 11.3 Å². The van der Waals surface area contributed by atoms with Crippen molar-refractivity contribution in [2.45, 2.75) is 31.7 Å². The Hall–Kier alpha value is -3.28. The Morgan fingerprint density at radius 1 is 1.32 bits per heavy atom. The van der Waals surface area contributed by atoms with E-state index >= 15 is 0 Å². The summed E-state index contributed by atoms with van der Waals surface area (Å²) in [5.74, 6) is -1.71. The van der Waals surface area contributed by atoms with Crippen molar-refractivity contribution in [1.82, 2.24) is 20.2 Å². The fourth-order valence-electron chi connectivity index (χ4n) is 4.25. The van der Waals surface area contributed by atoms with Crippen LogP contribution in [0, 0.1) is 0 Å². The second kappa shape index (κ2) is 10.3. The molecule has 1 unspecified atom stereocenters. The molecule has 11 heteroatoms. The van der Waals surface area contributed by atoms with Gasteiger partial charge in [-0.25, -0.2) is 9.78 Å². The SMILES string of the molecule is CN1CCCC1CNC(=O)c1csc(NC(=O)c2ccc3[nH]c(C(=O)O)c(CCCN)c3c2)n1. The molecule has 34 heavy (non-hydrogen) atoms. The number of aromatic carboxylic acids is 1. The van der Waals surface area contributed by atoms with Gasteiger partial charge in [-0.2, -0.15) is 0 Å². The van der Waals surface area contributed by atoms with Crippen LogP contribution < -0.4 is 16.4 Å². The fourth-order valence-corrected chi connectivity index (χ4v) is 4.94. The van der Waals surface area contributed by atoms with Crippen molar-refractivity contribution in [2.75, 3.05) is 32.0 Å². The Kier molecular flexibility index (Phi) is 7.25. The van der Waals surface area contributed by atoms with Gasteiger partial charge in [0.25, 0.3) is 11.8 Å². The second-order valence-corrected chi connectivity index (χ2v) is 9.27.